The highest BCUT2D eigenvalue weighted by molar-refractivity contribution is 5.31. The van der Waals surface area contributed by atoms with E-state index in [4.69, 9.17) is 0 Å². The lowest BCUT2D eigenvalue weighted by atomic mass is 10.2. The minimum atomic E-state index is 1.00. The molecule has 1 rings (SSSR count). The van der Waals surface area contributed by atoms with Gasteiger partial charge in [-0.15, -0.1) is 0 Å². The summed E-state index contributed by atoms with van der Waals surface area (Å²) >= 11 is 0. The lowest BCUT2D eigenvalue weighted by Crippen LogP contribution is -1.67. The first-order valence-corrected chi connectivity index (χ1v) is 3.75. The van der Waals surface area contributed by atoms with Gasteiger partial charge in [0, 0.05) is 0 Å². The van der Waals surface area contributed by atoms with Crippen LogP contribution in [0.4, 0.5) is 0 Å². The van der Waals surface area contributed by atoms with Crippen molar-refractivity contribution in [3.8, 4) is 0 Å². The van der Waals surface area contributed by atoms with Gasteiger partial charge in [-0.3, -0.25) is 0 Å². The third-order valence-electron chi connectivity index (χ3n) is 1.39. The molecule has 1 aliphatic rings. The SMILES string of the molecule is C=C1/C=C\C=C/C/C=C\C=C/1. The molecular weight excluding hydrogens is 132 g/mol. The van der Waals surface area contributed by atoms with E-state index in [0.29, 0.717) is 0 Å². The Balaban J connectivity index is 2.69. The Kier molecular flexibility index (Phi) is 3.20. The minimum Gasteiger partial charge on any atom is -0.0918 e. The van der Waals surface area contributed by atoms with E-state index >= 15 is 0 Å². The Hall–Kier alpha value is -1.30. The van der Waals surface area contributed by atoms with Crippen LogP contribution in [0.3, 0.4) is 0 Å². The van der Waals surface area contributed by atoms with Crippen LogP contribution in [0.2, 0.25) is 0 Å². The number of allylic oxidation sites excluding steroid dienone is 9. The van der Waals surface area contributed by atoms with E-state index in [1.165, 1.54) is 0 Å². The van der Waals surface area contributed by atoms with Gasteiger partial charge in [0.05, 0.1) is 0 Å². The van der Waals surface area contributed by atoms with E-state index < -0.39 is 0 Å². The van der Waals surface area contributed by atoms with Crippen LogP contribution in [0.1, 0.15) is 6.42 Å². The molecule has 0 spiro atoms. The molecule has 0 saturated heterocycles. The van der Waals surface area contributed by atoms with Crippen molar-refractivity contribution in [2.75, 3.05) is 0 Å². The Morgan fingerprint density at radius 1 is 0.909 bits per heavy atom. The lowest BCUT2D eigenvalue weighted by Gasteiger charge is -1.88. The summed E-state index contributed by atoms with van der Waals surface area (Å²) in [6, 6.07) is 0. The average Bonchev–Trinajstić information content (AvgIpc) is 2.03. The quantitative estimate of drug-likeness (QED) is 0.490. The summed E-state index contributed by atoms with van der Waals surface area (Å²) in [5.41, 5.74) is 1.03. The zero-order chi connectivity index (χ0) is 7.94. The molecule has 11 heavy (non-hydrogen) atoms. The van der Waals surface area contributed by atoms with Gasteiger partial charge in [-0.05, 0) is 12.0 Å². The number of rotatable bonds is 0. The van der Waals surface area contributed by atoms with Crippen LogP contribution in [0.15, 0.2) is 60.8 Å². The maximum Gasteiger partial charge on any atom is -0.0163 e. The topological polar surface area (TPSA) is 0 Å². The first-order valence-electron chi connectivity index (χ1n) is 3.75. The maximum absolute atomic E-state index is 3.85. The van der Waals surface area contributed by atoms with Crippen LogP contribution in [0, 0.1) is 0 Å². The van der Waals surface area contributed by atoms with Crippen LogP contribution in [0.5, 0.6) is 0 Å². The largest absolute Gasteiger partial charge is 0.0918 e. The van der Waals surface area contributed by atoms with Crippen LogP contribution >= 0.6 is 0 Å². The second-order valence-corrected chi connectivity index (χ2v) is 2.39. The highest BCUT2D eigenvalue weighted by Gasteiger charge is 1.78. The molecule has 0 aromatic carbocycles. The molecule has 0 radical (unpaired) electrons. The highest BCUT2D eigenvalue weighted by Crippen LogP contribution is 1.98. The van der Waals surface area contributed by atoms with Gasteiger partial charge in [-0.1, -0.05) is 55.2 Å². The molecule has 0 N–H and O–H groups in total. The van der Waals surface area contributed by atoms with Gasteiger partial charge in [-0.25, -0.2) is 0 Å². The van der Waals surface area contributed by atoms with Gasteiger partial charge in [-0.2, -0.15) is 0 Å². The van der Waals surface area contributed by atoms with Crippen molar-refractivity contribution in [3.63, 3.8) is 0 Å². The second kappa shape index (κ2) is 4.51. The molecule has 0 heteroatoms. The molecule has 0 nitrogen and oxygen atoms in total. The summed E-state index contributed by atoms with van der Waals surface area (Å²) in [5, 5.41) is 0. The predicted molar refractivity (Wildman–Crippen MR) is 50.3 cm³/mol. The zero-order valence-corrected chi connectivity index (χ0v) is 6.53. The summed E-state index contributed by atoms with van der Waals surface area (Å²) in [5.74, 6) is 0. The smallest absolute Gasteiger partial charge is 0.0163 e. The summed E-state index contributed by atoms with van der Waals surface area (Å²) < 4.78 is 0. The van der Waals surface area contributed by atoms with Crippen LogP contribution in [-0.4, -0.2) is 0 Å². The van der Waals surface area contributed by atoms with Crippen molar-refractivity contribution in [1.29, 1.82) is 0 Å². The van der Waals surface area contributed by atoms with E-state index in [2.05, 4.69) is 18.7 Å². The van der Waals surface area contributed by atoms with E-state index in [1.807, 2.05) is 36.5 Å². The summed E-state index contributed by atoms with van der Waals surface area (Å²) in [4.78, 5) is 0. The third-order valence-corrected chi connectivity index (χ3v) is 1.39. The Bertz CT molecular complexity index is 213. The van der Waals surface area contributed by atoms with Crippen molar-refractivity contribution in [2.45, 2.75) is 6.42 Å². The van der Waals surface area contributed by atoms with E-state index in [0.717, 1.165) is 12.0 Å². The fraction of sp³-hybridized carbons (Fsp3) is 0.0909. The van der Waals surface area contributed by atoms with Crippen molar-refractivity contribution >= 4 is 0 Å². The second-order valence-electron chi connectivity index (χ2n) is 2.39. The number of hydrogen-bond acceptors (Lipinski definition) is 0. The van der Waals surface area contributed by atoms with Gasteiger partial charge < -0.3 is 0 Å². The standard InChI is InChI=1S/C11H12/c1-11-9-7-5-3-2-4-6-8-10-11/h3-10H,1-2H2/b5-3-,6-4-,9-7-,10-8-. The summed E-state index contributed by atoms with van der Waals surface area (Å²) in [6.07, 6.45) is 17.3. The molecule has 0 fully saturated rings. The summed E-state index contributed by atoms with van der Waals surface area (Å²) in [6.45, 7) is 3.85. The molecule has 0 aliphatic heterocycles. The van der Waals surface area contributed by atoms with Crippen LogP contribution < -0.4 is 0 Å². The number of hydrogen-bond donors (Lipinski definition) is 0. The normalized spacial score (nSPS) is 28.9. The predicted octanol–water partition coefficient (Wildman–Crippen LogP) is 3.17. The molecular formula is C11H12. The average molecular weight is 144 g/mol. The maximum atomic E-state index is 3.85. The zero-order valence-electron chi connectivity index (χ0n) is 6.53. The van der Waals surface area contributed by atoms with Gasteiger partial charge in [0.25, 0.3) is 0 Å². The van der Waals surface area contributed by atoms with Crippen molar-refractivity contribution < 1.29 is 0 Å². The van der Waals surface area contributed by atoms with Crippen molar-refractivity contribution in [1.82, 2.24) is 0 Å². The van der Waals surface area contributed by atoms with Crippen LogP contribution in [-0.2, 0) is 0 Å². The monoisotopic (exact) mass is 144 g/mol. The molecule has 0 amide bonds. The van der Waals surface area contributed by atoms with Gasteiger partial charge in [0.15, 0.2) is 0 Å². The molecule has 0 aromatic heterocycles. The highest BCUT2D eigenvalue weighted by atomic mass is 13.8. The molecule has 0 aromatic rings. The molecule has 1 aliphatic carbocycles. The fourth-order valence-electron chi connectivity index (χ4n) is 0.807. The van der Waals surface area contributed by atoms with Crippen molar-refractivity contribution in [2.24, 2.45) is 0 Å². The molecule has 0 bridgehead atoms. The first kappa shape index (κ1) is 7.80. The van der Waals surface area contributed by atoms with Gasteiger partial charge >= 0.3 is 0 Å². The van der Waals surface area contributed by atoms with E-state index in [1.54, 1.807) is 0 Å². The van der Waals surface area contributed by atoms with Gasteiger partial charge in [0.1, 0.15) is 0 Å². The Morgan fingerprint density at radius 3 is 2.00 bits per heavy atom. The molecule has 0 unspecified atom stereocenters. The molecule has 0 saturated carbocycles. The van der Waals surface area contributed by atoms with Gasteiger partial charge in [0.2, 0.25) is 0 Å². The minimum absolute atomic E-state index is 1.00. The molecule has 56 valence electrons. The summed E-state index contributed by atoms with van der Waals surface area (Å²) in [7, 11) is 0. The molecule has 0 heterocycles. The Labute approximate surface area is 67.9 Å². The fourth-order valence-corrected chi connectivity index (χ4v) is 0.807. The van der Waals surface area contributed by atoms with E-state index in [9.17, 15) is 0 Å². The van der Waals surface area contributed by atoms with Crippen molar-refractivity contribution in [3.05, 3.63) is 60.8 Å². The van der Waals surface area contributed by atoms with Crippen LogP contribution in [0.25, 0.3) is 0 Å². The van der Waals surface area contributed by atoms with E-state index in [-0.39, 0.29) is 0 Å². The molecule has 0 atom stereocenters. The first-order chi connectivity index (χ1) is 5.39. The lowest BCUT2D eigenvalue weighted by molar-refractivity contribution is 1.39. The Morgan fingerprint density at radius 2 is 1.45 bits per heavy atom. The third kappa shape index (κ3) is 3.41.